The molecule has 0 aliphatic heterocycles. The van der Waals surface area contributed by atoms with Crippen LogP contribution in [0.5, 0.6) is 5.88 Å². The van der Waals surface area contributed by atoms with Crippen LogP contribution in [0.4, 0.5) is 8.78 Å². The lowest BCUT2D eigenvalue weighted by atomic mass is 10.0. The third-order valence-corrected chi connectivity index (χ3v) is 5.71. The summed E-state index contributed by atoms with van der Waals surface area (Å²) < 4.78 is 36.3. The van der Waals surface area contributed by atoms with Gasteiger partial charge in [0.25, 0.3) is 11.8 Å². The number of nitrogens with one attached hydrogen (secondary N) is 3. The van der Waals surface area contributed by atoms with Crippen LogP contribution in [0.3, 0.4) is 0 Å². The van der Waals surface area contributed by atoms with E-state index < -0.39 is 17.5 Å². The third kappa shape index (κ3) is 5.96. The topological polar surface area (TPSA) is 96.1 Å². The van der Waals surface area contributed by atoms with Crippen molar-refractivity contribution in [2.75, 3.05) is 13.2 Å². The van der Waals surface area contributed by atoms with Gasteiger partial charge in [0.2, 0.25) is 5.88 Å². The molecule has 1 unspecified atom stereocenters. The molecule has 176 valence electrons. The Balaban J connectivity index is 1.34. The van der Waals surface area contributed by atoms with Crippen LogP contribution in [0.15, 0.2) is 60.0 Å². The Kier molecular flexibility index (Phi) is 7.48. The van der Waals surface area contributed by atoms with Crippen molar-refractivity contribution in [3.8, 4) is 5.88 Å². The van der Waals surface area contributed by atoms with Gasteiger partial charge in [0.05, 0.1) is 6.04 Å². The first kappa shape index (κ1) is 23.4. The van der Waals surface area contributed by atoms with E-state index in [9.17, 15) is 18.4 Å². The van der Waals surface area contributed by atoms with Crippen molar-refractivity contribution < 1.29 is 23.1 Å². The van der Waals surface area contributed by atoms with Crippen molar-refractivity contribution in [3.05, 3.63) is 82.9 Å². The van der Waals surface area contributed by atoms with Crippen molar-refractivity contribution >= 4 is 34.2 Å². The molecule has 7 nitrogen and oxygen atoms in total. The number of amides is 2. The smallest absolute Gasteiger partial charge is 0.268 e. The van der Waals surface area contributed by atoms with Gasteiger partial charge in [-0.15, -0.1) is 0 Å². The number of hydrogen-bond donors (Lipinski definition) is 3. The Morgan fingerprint density at radius 3 is 2.65 bits per heavy atom. The van der Waals surface area contributed by atoms with Crippen LogP contribution in [-0.4, -0.2) is 34.3 Å². The molecule has 0 saturated carbocycles. The van der Waals surface area contributed by atoms with Gasteiger partial charge in [-0.05, 0) is 42.1 Å². The van der Waals surface area contributed by atoms with Crippen LogP contribution in [-0.2, 0) is 4.79 Å². The molecule has 2 amide bonds. The highest BCUT2D eigenvalue weighted by molar-refractivity contribution is 7.03. The number of rotatable bonds is 10. The SMILES string of the molecule is O=C(COc1ccsn1)NCCCC(NC(=O)c1cc2cc(F)c(F)cc2[nH]1)c1ccccc1. The number of halogens is 2. The van der Waals surface area contributed by atoms with Gasteiger partial charge in [-0.25, -0.2) is 8.78 Å². The molecule has 3 N–H and O–H groups in total. The summed E-state index contributed by atoms with van der Waals surface area (Å²) in [5.74, 6) is -2.20. The molecule has 0 saturated heterocycles. The molecule has 4 rings (SSSR count). The first-order chi connectivity index (χ1) is 16.5. The fourth-order valence-corrected chi connectivity index (χ4v) is 3.95. The second kappa shape index (κ2) is 10.9. The maximum Gasteiger partial charge on any atom is 0.268 e. The summed E-state index contributed by atoms with van der Waals surface area (Å²) in [5.41, 5.74) is 1.44. The van der Waals surface area contributed by atoms with Gasteiger partial charge in [0.15, 0.2) is 18.2 Å². The van der Waals surface area contributed by atoms with Crippen molar-refractivity contribution in [2.45, 2.75) is 18.9 Å². The van der Waals surface area contributed by atoms with Gasteiger partial charge < -0.3 is 20.4 Å². The van der Waals surface area contributed by atoms with E-state index in [4.69, 9.17) is 4.74 Å². The number of fused-ring (bicyclic) bond motifs is 1. The highest BCUT2D eigenvalue weighted by Crippen LogP contribution is 2.22. The van der Waals surface area contributed by atoms with Crippen molar-refractivity contribution in [1.29, 1.82) is 0 Å². The largest absolute Gasteiger partial charge is 0.467 e. The zero-order chi connectivity index (χ0) is 23.9. The lowest BCUT2D eigenvalue weighted by Gasteiger charge is -2.19. The number of carbonyl (C=O) groups excluding carboxylic acids is 2. The zero-order valence-corrected chi connectivity index (χ0v) is 18.8. The first-order valence-electron chi connectivity index (χ1n) is 10.6. The van der Waals surface area contributed by atoms with Crippen LogP contribution < -0.4 is 15.4 Å². The van der Waals surface area contributed by atoms with Gasteiger partial charge in [-0.3, -0.25) is 9.59 Å². The minimum atomic E-state index is -0.984. The molecule has 0 bridgehead atoms. The minimum Gasteiger partial charge on any atom is -0.467 e. The van der Waals surface area contributed by atoms with E-state index in [-0.39, 0.29) is 24.2 Å². The van der Waals surface area contributed by atoms with Gasteiger partial charge in [-0.2, -0.15) is 4.37 Å². The van der Waals surface area contributed by atoms with Gasteiger partial charge in [0.1, 0.15) is 5.69 Å². The van der Waals surface area contributed by atoms with Crippen LogP contribution in [0.1, 0.15) is 34.9 Å². The molecule has 0 aliphatic rings. The predicted molar refractivity (Wildman–Crippen MR) is 125 cm³/mol. The average Bonchev–Trinajstić information content (AvgIpc) is 3.50. The Hall–Kier alpha value is -3.79. The Morgan fingerprint density at radius 2 is 1.88 bits per heavy atom. The minimum absolute atomic E-state index is 0.121. The number of hydrogen-bond acceptors (Lipinski definition) is 5. The van der Waals surface area contributed by atoms with Crippen LogP contribution in [0.2, 0.25) is 0 Å². The lowest BCUT2D eigenvalue weighted by Crippen LogP contribution is -2.32. The van der Waals surface area contributed by atoms with Gasteiger partial charge in [-0.1, -0.05) is 30.3 Å². The lowest BCUT2D eigenvalue weighted by molar-refractivity contribution is -0.123. The summed E-state index contributed by atoms with van der Waals surface area (Å²) in [6.07, 6.45) is 1.16. The Bertz CT molecular complexity index is 1220. The number of nitrogens with zero attached hydrogens (tertiary/aromatic N) is 1. The molecular formula is C24H22F2N4O3S. The summed E-state index contributed by atoms with van der Waals surface area (Å²) in [4.78, 5) is 27.7. The fourth-order valence-electron chi connectivity index (χ4n) is 3.49. The fraction of sp³-hybridized carbons (Fsp3) is 0.208. The van der Waals surface area contributed by atoms with E-state index in [1.165, 1.54) is 17.6 Å². The molecule has 0 spiro atoms. The third-order valence-electron chi connectivity index (χ3n) is 5.17. The molecule has 2 aromatic heterocycles. The van der Waals surface area contributed by atoms with Crippen LogP contribution >= 0.6 is 11.5 Å². The highest BCUT2D eigenvalue weighted by Gasteiger charge is 2.18. The van der Waals surface area contributed by atoms with Crippen LogP contribution in [0.25, 0.3) is 10.9 Å². The van der Waals surface area contributed by atoms with E-state index in [1.807, 2.05) is 30.3 Å². The summed E-state index contributed by atoms with van der Waals surface area (Å²) in [7, 11) is 0. The molecule has 2 heterocycles. The maximum atomic E-state index is 13.5. The monoisotopic (exact) mass is 484 g/mol. The molecule has 0 aliphatic carbocycles. The molecule has 34 heavy (non-hydrogen) atoms. The molecular weight excluding hydrogens is 462 g/mol. The summed E-state index contributed by atoms with van der Waals surface area (Å²) >= 11 is 1.24. The first-order valence-corrected chi connectivity index (χ1v) is 11.5. The van der Waals surface area contributed by atoms with E-state index in [0.717, 1.165) is 17.7 Å². The molecule has 0 fully saturated rings. The van der Waals surface area contributed by atoms with Crippen molar-refractivity contribution in [2.24, 2.45) is 0 Å². The summed E-state index contributed by atoms with van der Waals surface area (Å²) in [6, 6.07) is 14.4. The summed E-state index contributed by atoms with van der Waals surface area (Å²) in [6.45, 7) is 0.285. The van der Waals surface area contributed by atoms with Crippen molar-refractivity contribution in [3.63, 3.8) is 0 Å². The zero-order valence-electron chi connectivity index (χ0n) is 18.0. The number of aromatic amines is 1. The van der Waals surface area contributed by atoms with E-state index in [2.05, 4.69) is 20.0 Å². The normalized spacial score (nSPS) is 11.8. The number of aromatic nitrogens is 2. The molecule has 2 aromatic carbocycles. The quantitative estimate of drug-likeness (QED) is 0.292. The number of benzene rings is 2. The standard InChI is InChI=1S/C24H22F2N4O3S/c25-17-11-16-12-21(28-20(16)13-18(17)26)24(32)29-19(15-5-2-1-3-6-15)7-4-9-27-22(31)14-33-23-8-10-34-30-23/h1-3,5-6,8,10-13,19,28H,4,7,9,14H2,(H,27,31)(H,29,32). The van der Waals surface area contributed by atoms with E-state index in [1.54, 1.807) is 11.4 Å². The number of carbonyl (C=O) groups is 2. The molecule has 1 atom stereocenters. The van der Waals surface area contributed by atoms with E-state index >= 15 is 0 Å². The summed E-state index contributed by atoms with van der Waals surface area (Å²) in [5, 5.41) is 7.92. The van der Waals surface area contributed by atoms with Crippen molar-refractivity contribution in [1.82, 2.24) is 20.0 Å². The molecule has 10 heteroatoms. The second-order valence-electron chi connectivity index (χ2n) is 7.59. The number of ether oxygens (including phenoxy) is 1. The average molecular weight is 485 g/mol. The van der Waals surface area contributed by atoms with Gasteiger partial charge >= 0.3 is 0 Å². The number of H-pyrrole nitrogens is 1. The molecule has 4 aromatic rings. The van der Waals surface area contributed by atoms with Gasteiger partial charge in [0, 0.05) is 35.0 Å². The Morgan fingerprint density at radius 1 is 1.09 bits per heavy atom. The van der Waals surface area contributed by atoms with Crippen LogP contribution in [0, 0.1) is 11.6 Å². The maximum absolute atomic E-state index is 13.5. The molecule has 0 radical (unpaired) electrons. The highest BCUT2D eigenvalue weighted by atomic mass is 32.1. The predicted octanol–water partition coefficient (Wildman–Crippen LogP) is 4.35. The second-order valence-corrected chi connectivity index (χ2v) is 8.26. The Labute approximate surface area is 198 Å². The van der Waals surface area contributed by atoms with E-state index in [0.29, 0.717) is 36.2 Å².